The van der Waals surface area contributed by atoms with E-state index >= 15 is 0 Å². The molecule has 1 unspecified atom stereocenters. The summed E-state index contributed by atoms with van der Waals surface area (Å²) in [6.45, 7) is 6.56. The van der Waals surface area contributed by atoms with E-state index in [1.807, 2.05) is 17.9 Å². The first-order valence-electron chi connectivity index (χ1n) is 6.32. The van der Waals surface area contributed by atoms with Crippen LogP contribution < -0.4 is 9.64 Å². The molecule has 1 atom stereocenters. The lowest BCUT2D eigenvalue weighted by atomic mass is 10.1. The highest BCUT2D eigenvalue weighted by molar-refractivity contribution is 6.31. The van der Waals surface area contributed by atoms with Gasteiger partial charge in [0.15, 0.2) is 6.10 Å². The number of ether oxygens (including phenoxy) is 1. The Hall–Kier alpha value is -1.22. The van der Waals surface area contributed by atoms with E-state index < -0.39 is 6.10 Å². The summed E-state index contributed by atoms with van der Waals surface area (Å²) in [4.78, 5) is 14.0. The smallest absolute Gasteiger partial charge is 0.267 e. The largest absolute Gasteiger partial charge is 0.479 e. The van der Waals surface area contributed by atoms with Crippen LogP contribution in [-0.4, -0.2) is 18.6 Å². The van der Waals surface area contributed by atoms with Crippen molar-refractivity contribution >= 4 is 23.2 Å². The van der Waals surface area contributed by atoms with Crippen molar-refractivity contribution in [2.75, 3.05) is 11.4 Å². The minimum absolute atomic E-state index is 0.0256. The van der Waals surface area contributed by atoms with E-state index in [0.29, 0.717) is 10.8 Å². The van der Waals surface area contributed by atoms with Crippen molar-refractivity contribution < 1.29 is 9.53 Å². The molecule has 0 radical (unpaired) electrons. The van der Waals surface area contributed by atoms with Crippen molar-refractivity contribution in [3.8, 4) is 5.75 Å². The van der Waals surface area contributed by atoms with Gasteiger partial charge in [0.05, 0.1) is 5.69 Å². The number of benzene rings is 1. The molecule has 4 heteroatoms. The lowest BCUT2D eigenvalue weighted by molar-refractivity contribution is -0.125. The second kappa shape index (κ2) is 5.19. The van der Waals surface area contributed by atoms with Gasteiger partial charge < -0.3 is 9.64 Å². The second-order valence-corrected chi connectivity index (χ2v) is 5.08. The average Bonchev–Trinajstić information content (AvgIpc) is 2.33. The molecule has 0 aliphatic carbocycles. The van der Waals surface area contributed by atoms with Gasteiger partial charge in [-0.2, -0.15) is 0 Å². The van der Waals surface area contributed by atoms with Gasteiger partial charge in [-0.1, -0.05) is 24.9 Å². The minimum Gasteiger partial charge on any atom is -0.479 e. The molecule has 98 valence electrons. The third-order valence-corrected chi connectivity index (χ3v) is 3.59. The Balaban J connectivity index is 2.41. The van der Waals surface area contributed by atoms with Gasteiger partial charge >= 0.3 is 0 Å². The van der Waals surface area contributed by atoms with Gasteiger partial charge in [-0.3, -0.25) is 4.79 Å². The number of carbonyl (C=O) groups excluding carboxylic acids is 1. The number of hydrogen-bond acceptors (Lipinski definition) is 2. The van der Waals surface area contributed by atoms with Crippen LogP contribution >= 0.6 is 11.6 Å². The van der Waals surface area contributed by atoms with Crippen molar-refractivity contribution in [3.63, 3.8) is 0 Å². The zero-order valence-electron chi connectivity index (χ0n) is 11.0. The molecule has 1 heterocycles. The minimum atomic E-state index is -0.437. The monoisotopic (exact) mass is 267 g/mol. The Labute approximate surface area is 113 Å². The van der Waals surface area contributed by atoms with Gasteiger partial charge in [-0.05, 0) is 31.9 Å². The number of nitrogens with zero attached hydrogens (tertiary/aromatic N) is 1. The summed E-state index contributed by atoms with van der Waals surface area (Å²) in [5, 5.41) is 0.672. The fourth-order valence-electron chi connectivity index (χ4n) is 2.08. The maximum absolute atomic E-state index is 12.2. The maximum Gasteiger partial charge on any atom is 0.267 e. The average molecular weight is 268 g/mol. The number of carbonyl (C=O) groups is 1. The van der Waals surface area contributed by atoms with Crippen LogP contribution in [0.4, 0.5) is 5.69 Å². The van der Waals surface area contributed by atoms with Crippen LogP contribution in [-0.2, 0) is 4.79 Å². The van der Waals surface area contributed by atoms with Gasteiger partial charge in [0.2, 0.25) is 0 Å². The van der Waals surface area contributed by atoms with Crippen molar-refractivity contribution in [1.29, 1.82) is 0 Å². The lowest BCUT2D eigenvalue weighted by Gasteiger charge is -2.33. The topological polar surface area (TPSA) is 29.5 Å². The SMILES string of the molecule is CCCCN1C(=O)C(C)Oc2cc(Cl)c(C)cc21. The number of halogens is 1. The first-order chi connectivity index (χ1) is 8.54. The molecule has 0 aromatic heterocycles. The molecule has 0 saturated carbocycles. The first-order valence-corrected chi connectivity index (χ1v) is 6.70. The summed E-state index contributed by atoms with van der Waals surface area (Å²) in [5.41, 5.74) is 1.80. The number of aryl methyl sites for hydroxylation is 1. The standard InChI is InChI=1S/C14H18ClNO2/c1-4-5-6-16-12-7-9(2)11(15)8-13(12)18-10(3)14(16)17/h7-8,10H,4-6H2,1-3H3. The van der Waals surface area contributed by atoms with Crippen LogP contribution in [0.25, 0.3) is 0 Å². The van der Waals surface area contributed by atoms with Crippen LogP contribution in [0.3, 0.4) is 0 Å². The molecule has 1 amide bonds. The Morgan fingerprint density at radius 3 is 2.83 bits per heavy atom. The Morgan fingerprint density at radius 2 is 2.17 bits per heavy atom. The molecule has 0 spiro atoms. The number of rotatable bonds is 3. The molecule has 0 fully saturated rings. The normalized spacial score (nSPS) is 18.6. The highest BCUT2D eigenvalue weighted by atomic mass is 35.5. The second-order valence-electron chi connectivity index (χ2n) is 4.67. The van der Waals surface area contributed by atoms with Crippen LogP contribution in [0.15, 0.2) is 12.1 Å². The van der Waals surface area contributed by atoms with E-state index in [4.69, 9.17) is 16.3 Å². The van der Waals surface area contributed by atoms with E-state index in [2.05, 4.69) is 6.92 Å². The fourth-order valence-corrected chi connectivity index (χ4v) is 2.23. The molecule has 3 nitrogen and oxygen atoms in total. The Bertz CT molecular complexity index is 473. The Morgan fingerprint density at radius 1 is 1.44 bits per heavy atom. The van der Waals surface area contributed by atoms with Crippen LogP contribution in [0.1, 0.15) is 32.3 Å². The van der Waals surface area contributed by atoms with Crippen molar-refractivity contribution in [2.24, 2.45) is 0 Å². The van der Waals surface area contributed by atoms with E-state index in [0.717, 1.165) is 30.6 Å². The molecule has 0 bridgehead atoms. The zero-order valence-corrected chi connectivity index (χ0v) is 11.8. The highest BCUT2D eigenvalue weighted by Gasteiger charge is 2.31. The molecule has 0 N–H and O–H groups in total. The van der Waals surface area contributed by atoms with Gasteiger partial charge in [0, 0.05) is 17.6 Å². The number of anilines is 1. The van der Waals surface area contributed by atoms with Crippen LogP contribution in [0.5, 0.6) is 5.75 Å². The predicted molar refractivity (Wildman–Crippen MR) is 73.5 cm³/mol. The summed E-state index contributed by atoms with van der Waals surface area (Å²) in [6, 6.07) is 3.73. The summed E-state index contributed by atoms with van der Waals surface area (Å²) in [7, 11) is 0. The molecule has 1 aromatic carbocycles. The molecule has 0 saturated heterocycles. The van der Waals surface area contributed by atoms with Gasteiger partial charge in [0.25, 0.3) is 5.91 Å². The molecule has 18 heavy (non-hydrogen) atoms. The van der Waals surface area contributed by atoms with Crippen LogP contribution in [0, 0.1) is 6.92 Å². The quantitative estimate of drug-likeness (QED) is 0.838. The summed E-state index contributed by atoms with van der Waals surface area (Å²) < 4.78 is 5.61. The molecule has 1 aromatic rings. The first kappa shape index (κ1) is 13.2. The molecule has 1 aliphatic rings. The molecule has 2 rings (SSSR count). The van der Waals surface area contributed by atoms with Gasteiger partial charge in [0.1, 0.15) is 5.75 Å². The zero-order chi connectivity index (χ0) is 13.3. The lowest BCUT2D eigenvalue weighted by Crippen LogP contribution is -2.44. The Kier molecular flexibility index (Phi) is 3.81. The van der Waals surface area contributed by atoms with Crippen molar-refractivity contribution in [3.05, 3.63) is 22.7 Å². The summed E-state index contributed by atoms with van der Waals surface area (Å²) in [6.07, 6.45) is 1.61. The number of hydrogen-bond donors (Lipinski definition) is 0. The third-order valence-electron chi connectivity index (χ3n) is 3.18. The summed E-state index contributed by atoms with van der Waals surface area (Å²) in [5.74, 6) is 0.728. The fraction of sp³-hybridized carbons (Fsp3) is 0.500. The van der Waals surface area contributed by atoms with E-state index in [-0.39, 0.29) is 5.91 Å². The maximum atomic E-state index is 12.2. The number of fused-ring (bicyclic) bond motifs is 1. The summed E-state index contributed by atoms with van der Waals surface area (Å²) >= 11 is 6.10. The van der Waals surface area contributed by atoms with E-state index in [1.54, 1.807) is 13.0 Å². The van der Waals surface area contributed by atoms with Gasteiger partial charge in [-0.25, -0.2) is 0 Å². The molecular weight excluding hydrogens is 250 g/mol. The van der Waals surface area contributed by atoms with Crippen molar-refractivity contribution in [1.82, 2.24) is 0 Å². The molecular formula is C14H18ClNO2. The third kappa shape index (κ3) is 2.32. The highest BCUT2D eigenvalue weighted by Crippen LogP contribution is 2.38. The number of amides is 1. The van der Waals surface area contributed by atoms with Crippen molar-refractivity contribution in [2.45, 2.75) is 39.7 Å². The molecule has 1 aliphatic heterocycles. The van der Waals surface area contributed by atoms with E-state index in [9.17, 15) is 4.79 Å². The number of unbranched alkanes of at least 4 members (excludes halogenated alkanes) is 1. The predicted octanol–water partition coefficient (Wildman–Crippen LogP) is 3.56. The van der Waals surface area contributed by atoms with Gasteiger partial charge in [-0.15, -0.1) is 0 Å². The van der Waals surface area contributed by atoms with Crippen LogP contribution in [0.2, 0.25) is 5.02 Å². The van der Waals surface area contributed by atoms with E-state index in [1.165, 1.54) is 0 Å².